The molecule has 2 heterocycles. The number of halogens is 2. The number of nitrogens with one attached hydrogen (secondary N) is 1. The first kappa shape index (κ1) is 19.9. The third kappa shape index (κ3) is 5.31. The predicted molar refractivity (Wildman–Crippen MR) is 101 cm³/mol. The highest BCUT2D eigenvalue weighted by Crippen LogP contribution is 2.23. The lowest BCUT2D eigenvalue weighted by Gasteiger charge is -2.36. The molecular weight excluding hydrogens is 352 g/mol. The molecule has 2 aliphatic rings. The summed E-state index contributed by atoms with van der Waals surface area (Å²) in [6, 6.07) is 4.74. The number of piperidine rings is 1. The topological polar surface area (TPSA) is 44.8 Å². The van der Waals surface area contributed by atoms with Crippen LogP contribution < -0.4 is 10.2 Å². The number of rotatable bonds is 4. The lowest BCUT2D eigenvalue weighted by molar-refractivity contribution is 0.105. The van der Waals surface area contributed by atoms with Crippen molar-refractivity contribution in [1.29, 1.82) is 0 Å². The predicted octanol–water partition coefficient (Wildman–Crippen LogP) is 3.53. The molecule has 0 bridgehead atoms. The first-order valence-electron chi connectivity index (χ1n) is 9.94. The zero-order valence-corrected chi connectivity index (χ0v) is 15.9. The fourth-order valence-corrected chi connectivity index (χ4v) is 3.98. The Morgan fingerprint density at radius 2 is 1.89 bits per heavy atom. The molecule has 1 amide bonds. The molecule has 1 aromatic carbocycles. The maximum absolute atomic E-state index is 13.5. The van der Waals surface area contributed by atoms with Gasteiger partial charge in [-0.1, -0.05) is 6.42 Å². The fourth-order valence-electron chi connectivity index (χ4n) is 3.98. The zero-order valence-electron chi connectivity index (χ0n) is 15.9. The Bertz CT molecular complexity index is 636. The summed E-state index contributed by atoms with van der Waals surface area (Å²) in [5, 5.41) is 3.71. The summed E-state index contributed by atoms with van der Waals surface area (Å²) in [4.78, 5) is 16.0. The third-order valence-electron chi connectivity index (χ3n) is 5.43. The van der Waals surface area contributed by atoms with Crippen LogP contribution in [-0.2, 0) is 4.74 Å². The molecule has 1 aromatic rings. The average molecular weight is 381 g/mol. The van der Waals surface area contributed by atoms with Gasteiger partial charge in [0.25, 0.3) is 0 Å². The van der Waals surface area contributed by atoms with Crippen molar-refractivity contribution in [2.24, 2.45) is 0 Å². The summed E-state index contributed by atoms with van der Waals surface area (Å²) >= 11 is 0. The molecule has 0 radical (unpaired) electrons. The van der Waals surface area contributed by atoms with Crippen LogP contribution in [-0.4, -0.2) is 55.9 Å². The Morgan fingerprint density at radius 3 is 2.59 bits per heavy atom. The molecule has 7 heteroatoms. The monoisotopic (exact) mass is 381 g/mol. The molecule has 1 atom stereocenters. The quantitative estimate of drug-likeness (QED) is 0.867. The van der Waals surface area contributed by atoms with Gasteiger partial charge in [-0.15, -0.1) is 0 Å². The van der Waals surface area contributed by atoms with Gasteiger partial charge in [-0.2, -0.15) is 0 Å². The molecule has 3 rings (SSSR count). The molecule has 27 heavy (non-hydrogen) atoms. The van der Waals surface area contributed by atoms with E-state index in [0.717, 1.165) is 57.4 Å². The lowest BCUT2D eigenvalue weighted by atomic mass is 10.0. The van der Waals surface area contributed by atoms with Gasteiger partial charge in [-0.25, -0.2) is 13.6 Å². The summed E-state index contributed by atoms with van der Waals surface area (Å²) in [5.41, 5.74) is 0.732. The summed E-state index contributed by atoms with van der Waals surface area (Å²) in [5.74, 6) is -1.61. The summed E-state index contributed by atoms with van der Waals surface area (Å²) in [6.07, 6.45) is 4.81. The Kier molecular flexibility index (Phi) is 6.88. The van der Waals surface area contributed by atoms with E-state index in [1.807, 2.05) is 11.8 Å². The van der Waals surface area contributed by atoms with E-state index in [1.165, 1.54) is 12.1 Å². The van der Waals surface area contributed by atoms with Crippen LogP contribution in [0.5, 0.6) is 0 Å². The van der Waals surface area contributed by atoms with Gasteiger partial charge in [-0.3, -0.25) is 0 Å². The van der Waals surface area contributed by atoms with E-state index in [0.29, 0.717) is 19.2 Å². The molecule has 150 valence electrons. The number of anilines is 1. The van der Waals surface area contributed by atoms with Gasteiger partial charge in [0.2, 0.25) is 0 Å². The second-order valence-electron chi connectivity index (χ2n) is 7.36. The molecule has 0 unspecified atom stereocenters. The molecule has 0 aliphatic carbocycles. The summed E-state index contributed by atoms with van der Waals surface area (Å²) in [7, 11) is 0. The smallest absolute Gasteiger partial charge is 0.409 e. The second kappa shape index (κ2) is 9.35. The number of ether oxygens (including phenoxy) is 1. The minimum Gasteiger partial charge on any atom is -0.450 e. The summed E-state index contributed by atoms with van der Waals surface area (Å²) in [6.45, 7) is 5.27. The number of likely N-dealkylation sites (tertiary alicyclic amines) is 1. The van der Waals surface area contributed by atoms with Crippen LogP contribution in [0.2, 0.25) is 0 Å². The third-order valence-corrected chi connectivity index (χ3v) is 5.43. The number of benzene rings is 1. The van der Waals surface area contributed by atoms with Crippen molar-refractivity contribution in [2.45, 2.75) is 51.1 Å². The molecule has 2 aliphatic heterocycles. The van der Waals surface area contributed by atoms with E-state index >= 15 is 0 Å². The van der Waals surface area contributed by atoms with Crippen LogP contribution in [0.3, 0.4) is 0 Å². The molecular formula is C20H29F2N3O2. The number of hydrogen-bond acceptors (Lipinski definition) is 4. The normalized spacial score (nSPS) is 21.8. The number of amides is 1. The highest BCUT2D eigenvalue weighted by molar-refractivity contribution is 5.67. The van der Waals surface area contributed by atoms with E-state index in [1.54, 1.807) is 6.07 Å². The van der Waals surface area contributed by atoms with E-state index in [4.69, 9.17) is 4.74 Å². The first-order valence-corrected chi connectivity index (χ1v) is 9.94. The van der Waals surface area contributed by atoms with E-state index in [9.17, 15) is 13.6 Å². The molecule has 2 fully saturated rings. The summed E-state index contributed by atoms with van der Waals surface area (Å²) < 4.78 is 31.7. The Balaban J connectivity index is 1.50. The van der Waals surface area contributed by atoms with E-state index in [2.05, 4.69) is 10.2 Å². The van der Waals surface area contributed by atoms with Crippen molar-refractivity contribution in [3.8, 4) is 0 Å². The van der Waals surface area contributed by atoms with Crippen LogP contribution >= 0.6 is 0 Å². The number of hydrogen-bond donors (Lipinski definition) is 1. The number of nitrogens with zero attached hydrogens (tertiary/aromatic N) is 2. The van der Waals surface area contributed by atoms with Crippen LogP contribution in [0.25, 0.3) is 0 Å². The zero-order chi connectivity index (χ0) is 19.2. The highest BCUT2D eigenvalue weighted by Gasteiger charge is 2.26. The molecule has 5 nitrogen and oxygen atoms in total. The Labute approximate surface area is 159 Å². The second-order valence-corrected chi connectivity index (χ2v) is 7.36. The SMILES string of the molecule is CCOC(=O)N1CCCC[C@H](NC2CCN(c3ccc(F)c(F)c3)CC2)C1. The van der Waals surface area contributed by atoms with Crippen LogP contribution in [0.1, 0.15) is 39.0 Å². The molecule has 2 saturated heterocycles. The number of carbonyl (C=O) groups is 1. The van der Waals surface area contributed by atoms with E-state index in [-0.39, 0.29) is 12.1 Å². The van der Waals surface area contributed by atoms with Crippen molar-refractivity contribution in [3.05, 3.63) is 29.8 Å². The van der Waals surface area contributed by atoms with Crippen LogP contribution in [0.15, 0.2) is 18.2 Å². The van der Waals surface area contributed by atoms with Gasteiger partial charge in [0.1, 0.15) is 0 Å². The lowest BCUT2D eigenvalue weighted by Crippen LogP contribution is -2.50. The molecule has 1 N–H and O–H groups in total. The van der Waals surface area contributed by atoms with Crippen LogP contribution in [0.4, 0.5) is 19.3 Å². The van der Waals surface area contributed by atoms with Crippen molar-refractivity contribution in [3.63, 3.8) is 0 Å². The van der Waals surface area contributed by atoms with Gasteiger partial charge in [-0.05, 0) is 44.7 Å². The maximum Gasteiger partial charge on any atom is 0.409 e. The van der Waals surface area contributed by atoms with Crippen molar-refractivity contribution >= 4 is 11.8 Å². The molecule has 0 aromatic heterocycles. The molecule has 0 spiro atoms. The van der Waals surface area contributed by atoms with E-state index < -0.39 is 11.6 Å². The van der Waals surface area contributed by atoms with Crippen molar-refractivity contribution < 1.29 is 18.3 Å². The van der Waals surface area contributed by atoms with Gasteiger partial charge in [0, 0.05) is 50.0 Å². The Morgan fingerprint density at radius 1 is 1.11 bits per heavy atom. The van der Waals surface area contributed by atoms with Gasteiger partial charge in [0.15, 0.2) is 11.6 Å². The van der Waals surface area contributed by atoms with Crippen molar-refractivity contribution in [2.75, 3.05) is 37.7 Å². The van der Waals surface area contributed by atoms with Crippen LogP contribution in [0, 0.1) is 11.6 Å². The van der Waals surface area contributed by atoms with Gasteiger partial charge >= 0.3 is 6.09 Å². The van der Waals surface area contributed by atoms with Gasteiger partial charge < -0.3 is 19.9 Å². The number of carbonyl (C=O) groups excluding carboxylic acids is 1. The van der Waals surface area contributed by atoms with Crippen molar-refractivity contribution in [1.82, 2.24) is 10.2 Å². The Hall–Kier alpha value is -1.89. The average Bonchev–Trinajstić information content (AvgIpc) is 2.90. The van der Waals surface area contributed by atoms with Gasteiger partial charge in [0.05, 0.1) is 6.61 Å². The first-order chi connectivity index (χ1) is 13.1. The molecule has 0 saturated carbocycles. The minimum atomic E-state index is -0.810. The minimum absolute atomic E-state index is 0.223. The largest absolute Gasteiger partial charge is 0.450 e. The maximum atomic E-state index is 13.5. The highest BCUT2D eigenvalue weighted by atomic mass is 19.2. The fraction of sp³-hybridized carbons (Fsp3) is 0.650. The standard InChI is InChI=1S/C20H29F2N3O2/c1-2-27-20(26)25-10-4-3-5-16(14-25)23-15-8-11-24(12-9-15)17-6-7-18(21)19(22)13-17/h6-7,13,15-16,23H,2-5,8-12,14H2,1H3/t16-/m0/s1.